The summed E-state index contributed by atoms with van der Waals surface area (Å²) in [6, 6.07) is 2.57. The Morgan fingerprint density at radius 3 is 1.44 bits per heavy atom. The molecule has 0 aromatic carbocycles. The minimum atomic E-state index is 0.608. The molecule has 222 valence electrons. The van der Waals surface area contributed by atoms with Crippen molar-refractivity contribution in [1.29, 1.82) is 0 Å². The normalized spacial score (nSPS) is 53.1. The third kappa shape index (κ3) is 5.49. The molecule has 0 radical (unpaired) electrons. The van der Waals surface area contributed by atoms with Gasteiger partial charge in [0, 0.05) is 47.8 Å². The molecule has 7 aliphatic rings. The van der Waals surface area contributed by atoms with E-state index in [4.69, 9.17) is 0 Å². The third-order valence-electron chi connectivity index (χ3n) is 13.1. The molecule has 14 unspecified atom stereocenters. The molecule has 5 saturated heterocycles. The van der Waals surface area contributed by atoms with Crippen LogP contribution in [0.3, 0.4) is 0 Å². The number of hydrogen-bond donors (Lipinski definition) is 6. The van der Waals surface area contributed by atoms with Gasteiger partial charge < -0.3 is 10.6 Å². The van der Waals surface area contributed by atoms with Crippen molar-refractivity contribution in [1.82, 2.24) is 32.3 Å². The Bertz CT molecular complexity index is 746. The zero-order valence-electron chi connectivity index (χ0n) is 24.8. The summed E-state index contributed by atoms with van der Waals surface area (Å²) in [5.41, 5.74) is 14.9. The molecule has 39 heavy (non-hydrogen) atoms. The Labute approximate surface area is 242 Å². The van der Waals surface area contributed by atoms with Gasteiger partial charge in [-0.25, -0.2) is 0 Å². The average molecular weight is 559 g/mol. The molecule has 5 aliphatic heterocycles. The van der Waals surface area contributed by atoms with Gasteiger partial charge in [-0.15, -0.1) is 0 Å². The Kier molecular flexibility index (Phi) is 8.86. The van der Waals surface area contributed by atoms with E-state index in [1.54, 1.807) is 0 Å². The van der Waals surface area contributed by atoms with Crippen LogP contribution in [0, 0.1) is 47.3 Å². The Balaban J connectivity index is 0.992. The van der Waals surface area contributed by atoms with Crippen molar-refractivity contribution in [3.8, 4) is 0 Å². The highest BCUT2D eigenvalue weighted by atomic mass is 32.2. The zero-order chi connectivity index (χ0) is 26.3. The molecule has 7 fully saturated rings. The number of hydrogen-bond acceptors (Lipinski definition) is 7. The van der Waals surface area contributed by atoms with E-state index in [1.165, 1.54) is 90.1 Å². The molecule has 0 aromatic rings. The summed E-state index contributed by atoms with van der Waals surface area (Å²) in [7, 11) is 0. The number of thioether (sulfide) groups is 1. The second kappa shape index (κ2) is 12.4. The van der Waals surface area contributed by atoms with Gasteiger partial charge in [0.1, 0.15) is 0 Å². The first-order valence-corrected chi connectivity index (χ1v) is 18.2. The lowest BCUT2D eigenvalue weighted by atomic mass is 9.64. The molecule has 0 aromatic heterocycles. The van der Waals surface area contributed by atoms with Crippen molar-refractivity contribution in [2.24, 2.45) is 47.3 Å². The van der Waals surface area contributed by atoms with Crippen LogP contribution >= 0.6 is 11.8 Å². The first-order chi connectivity index (χ1) is 19.2. The van der Waals surface area contributed by atoms with Gasteiger partial charge in [0.25, 0.3) is 0 Å². The molecule has 0 bridgehead atoms. The standard InChI is InChI=1S/C32H58N6S/c1-19-23(9-3-11-25(19)31-29-21(17-35-37-31)7-5-15-33-29)27-13-14-28(39-27)24-10-4-12-26(20(24)2)32-30-22(18-36-38-32)8-6-16-34-30/h19-38H,3-18H2,1-2H3. The number of piperidine rings is 2. The summed E-state index contributed by atoms with van der Waals surface area (Å²) in [6.07, 6.45) is 17.1. The predicted molar refractivity (Wildman–Crippen MR) is 163 cm³/mol. The van der Waals surface area contributed by atoms with Crippen LogP contribution in [0.2, 0.25) is 0 Å². The van der Waals surface area contributed by atoms with Crippen molar-refractivity contribution in [2.45, 2.75) is 126 Å². The maximum Gasteiger partial charge on any atom is 0.0400 e. The van der Waals surface area contributed by atoms with Gasteiger partial charge in [-0.3, -0.25) is 21.7 Å². The molecule has 0 amide bonds. The maximum absolute atomic E-state index is 3.95. The number of nitrogens with one attached hydrogen (secondary N) is 6. The zero-order valence-corrected chi connectivity index (χ0v) is 25.6. The van der Waals surface area contributed by atoms with Gasteiger partial charge in [0.05, 0.1) is 0 Å². The summed E-state index contributed by atoms with van der Waals surface area (Å²) >= 11 is 2.47. The summed E-state index contributed by atoms with van der Waals surface area (Å²) in [5, 5.41) is 9.70. The topological polar surface area (TPSA) is 72.2 Å². The van der Waals surface area contributed by atoms with Crippen LogP contribution in [0.1, 0.15) is 90.9 Å². The van der Waals surface area contributed by atoms with E-state index in [0.29, 0.717) is 24.2 Å². The fourth-order valence-electron chi connectivity index (χ4n) is 11.0. The van der Waals surface area contributed by atoms with Crippen molar-refractivity contribution in [3.63, 3.8) is 0 Å². The van der Waals surface area contributed by atoms with Crippen molar-refractivity contribution < 1.29 is 0 Å². The lowest BCUT2D eigenvalue weighted by Crippen LogP contribution is -2.68. The van der Waals surface area contributed by atoms with Crippen molar-refractivity contribution in [2.75, 3.05) is 26.2 Å². The average Bonchev–Trinajstić information content (AvgIpc) is 3.47. The van der Waals surface area contributed by atoms with E-state index in [9.17, 15) is 0 Å². The van der Waals surface area contributed by atoms with Crippen LogP contribution < -0.4 is 32.3 Å². The second-order valence-electron chi connectivity index (χ2n) is 14.9. The molecule has 7 heteroatoms. The first kappa shape index (κ1) is 27.9. The number of rotatable bonds is 4. The number of fused-ring (bicyclic) bond motifs is 2. The second-order valence-corrected chi connectivity index (χ2v) is 16.4. The summed E-state index contributed by atoms with van der Waals surface area (Å²) in [6.45, 7) is 10.0. The van der Waals surface area contributed by atoms with E-state index in [2.05, 4.69) is 57.9 Å². The Morgan fingerprint density at radius 1 is 0.487 bits per heavy atom. The van der Waals surface area contributed by atoms with Crippen LogP contribution in [-0.2, 0) is 0 Å². The highest BCUT2D eigenvalue weighted by Crippen LogP contribution is 2.53. The summed E-state index contributed by atoms with van der Waals surface area (Å²) < 4.78 is 0. The predicted octanol–water partition coefficient (Wildman–Crippen LogP) is 4.04. The minimum Gasteiger partial charge on any atom is -0.312 e. The largest absolute Gasteiger partial charge is 0.312 e. The van der Waals surface area contributed by atoms with Crippen molar-refractivity contribution in [3.05, 3.63) is 0 Å². The van der Waals surface area contributed by atoms with Gasteiger partial charge in [-0.1, -0.05) is 26.7 Å². The molecule has 6 N–H and O–H groups in total. The number of hydrazine groups is 2. The third-order valence-corrected chi connectivity index (χ3v) is 15.0. The fraction of sp³-hybridized carbons (Fsp3) is 1.00. The van der Waals surface area contributed by atoms with Crippen molar-refractivity contribution >= 4 is 11.8 Å². The first-order valence-electron chi connectivity index (χ1n) is 17.3. The monoisotopic (exact) mass is 558 g/mol. The Hall–Kier alpha value is 0.110. The van der Waals surface area contributed by atoms with Gasteiger partial charge >= 0.3 is 0 Å². The summed E-state index contributed by atoms with van der Waals surface area (Å²) in [4.78, 5) is 0. The molecule has 2 saturated carbocycles. The minimum absolute atomic E-state index is 0.608. The molecule has 14 atom stereocenters. The van der Waals surface area contributed by atoms with Gasteiger partial charge in [-0.05, 0) is 125 Å². The van der Waals surface area contributed by atoms with E-state index >= 15 is 0 Å². The smallest absolute Gasteiger partial charge is 0.0400 e. The quantitative estimate of drug-likeness (QED) is 0.311. The SMILES string of the molecule is CC1C(C2CCC(C3CCCC(C4NNCC5CCCNC54)C3C)S2)CCCC1C1NNCC2CCCNC21. The molecule has 5 heterocycles. The van der Waals surface area contributed by atoms with Crippen LogP contribution in [-0.4, -0.2) is 60.8 Å². The molecule has 2 aliphatic carbocycles. The Morgan fingerprint density at radius 2 is 0.949 bits per heavy atom. The van der Waals surface area contributed by atoms with Gasteiger partial charge in [0.2, 0.25) is 0 Å². The highest BCUT2D eigenvalue weighted by Gasteiger charge is 2.49. The van der Waals surface area contributed by atoms with E-state index in [0.717, 1.165) is 70.9 Å². The fourth-order valence-corrected chi connectivity index (χ4v) is 13.2. The molecular weight excluding hydrogens is 500 g/mol. The van der Waals surface area contributed by atoms with Crippen LogP contribution in [0.4, 0.5) is 0 Å². The van der Waals surface area contributed by atoms with Crippen LogP contribution in [0.15, 0.2) is 0 Å². The maximum atomic E-state index is 3.95. The molecular formula is C32H58N6S. The molecule has 6 nitrogen and oxygen atoms in total. The lowest BCUT2D eigenvalue weighted by Gasteiger charge is -2.51. The van der Waals surface area contributed by atoms with E-state index < -0.39 is 0 Å². The van der Waals surface area contributed by atoms with E-state index in [-0.39, 0.29) is 0 Å². The molecule has 0 spiro atoms. The highest BCUT2D eigenvalue weighted by molar-refractivity contribution is 8.00. The summed E-state index contributed by atoms with van der Waals surface area (Å²) in [5.74, 6) is 6.75. The van der Waals surface area contributed by atoms with Crippen LogP contribution in [0.25, 0.3) is 0 Å². The van der Waals surface area contributed by atoms with E-state index in [1.807, 2.05) is 0 Å². The lowest BCUT2D eigenvalue weighted by molar-refractivity contribution is 0.0534. The van der Waals surface area contributed by atoms with Gasteiger partial charge in [-0.2, -0.15) is 11.8 Å². The van der Waals surface area contributed by atoms with Crippen LogP contribution in [0.5, 0.6) is 0 Å². The van der Waals surface area contributed by atoms with Gasteiger partial charge in [0.15, 0.2) is 0 Å². The molecule has 7 rings (SSSR count).